The number of esters is 1. The van der Waals surface area contributed by atoms with Crippen LogP contribution in [0.25, 0.3) is 11.1 Å². The molecule has 2 aromatic carbocycles. The number of allylic oxidation sites excluding steroid dienone is 3. The maximum absolute atomic E-state index is 13.2. The molecule has 4 rings (SSSR count). The van der Waals surface area contributed by atoms with Gasteiger partial charge in [0.15, 0.2) is 5.78 Å². The number of nitrogens with one attached hydrogen (secondary N) is 1. The summed E-state index contributed by atoms with van der Waals surface area (Å²) in [6, 6.07) is 15.6. The molecule has 0 saturated carbocycles. The van der Waals surface area contributed by atoms with E-state index in [0.717, 1.165) is 34.5 Å². The van der Waals surface area contributed by atoms with Crippen LogP contribution in [0.5, 0.6) is 0 Å². The van der Waals surface area contributed by atoms with Gasteiger partial charge in [-0.2, -0.15) is 0 Å². The van der Waals surface area contributed by atoms with Crippen LogP contribution in [-0.4, -0.2) is 18.9 Å². The van der Waals surface area contributed by atoms with Crippen molar-refractivity contribution in [3.63, 3.8) is 0 Å². The first-order chi connectivity index (χ1) is 14.7. The van der Waals surface area contributed by atoms with Crippen molar-refractivity contribution >= 4 is 23.4 Å². The average Bonchev–Trinajstić information content (AvgIpc) is 2.72. The van der Waals surface area contributed by atoms with Gasteiger partial charge in [0.2, 0.25) is 0 Å². The van der Waals surface area contributed by atoms with E-state index >= 15 is 0 Å². The predicted molar refractivity (Wildman–Crippen MR) is 123 cm³/mol. The van der Waals surface area contributed by atoms with Crippen molar-refractivity contribution in [3.05, 3.63) is 81.7 Å². The summed E-state index contributed by atoms with van der Waals surface area (Å²) >= 11 is 6.36. The van der Waals surface area contributed by atoms with Crippen LogP contribution in [0.15, 0.2) is 71.1 Å². The molecule has 5 heteroatoms. The minimum Gasteiger partial charge on any atom is -0.466 e. The number of ether oxygens (including phenoxy) is 1. The van der Waals surface area contributed by atoms with Gasteiger partial charge in [0, 0.05) is 39.9 Å². The minimum atomic E-state index is -0.451. The van der Waals surface area contributed by atoms with Gasteiger partial charge in [-0.15, -0.1) is 0 Å². The van der Waals surface area contributed by atoms with E-state index in [4.69, 9.17) is 16.3 Å². The highest BCUT2D eigenvalue weighted by Gasteiger charge is 2.42. The predicted octanol–water partition coefficient (Wildman–Crippen LogP) is 5.78. The Morgan fingerprint density at radius 2 is 1.77 bits per heavy atom. The largest absolute Gasteiger partial charge is 0.466 e. The summed E-state index contributed by atoms with van der Waals surface area (Å²) in [7, 11) is 1.37. The first kappa shape index (κ1) is 21.4. The van der Waals surface area contributed by atoms with Gasteiger partial charge in [-0.1, -0.05) is 67.9 Å². The third kappa shape index (κ3) is 3.92. The molecule has 160 valence electrons. The van der Waals surface area contributed by atoms with Crippen LogP contribution < -0.4 is 5.32 Å². The molecule has 1 N–H and O–H groups in total. The lowest BCUT2D eigenvalue weighted by Gasteiger charge is -2.39. The van der Waals surface area contributed by atoms with Crippen LogP contribution in [0.4, 0.5) is 0 Å². The van der Waals surface area contributed by atoms with E-state index in [9.17, 15) is 9.59 Å². The van der Waals surface area contributed by atoms with E-state index in [2.05, 4.69) is 19.2 Å². The molecule has 1 unspecified atom stereocenters. The fourth-order valence-electron chi connectivity index (χ4n) is 4.70. The summed E-state index contributed by atoms with van der Waals surface area (Å²) < 4.78 is 5.09. The highest BCUT2D eigenvalue weighted by atomic mass is 35.5. The van der Waals surface area contributed by atoms with Crippen molar-refractivity contribution in [1.29, 1.82) is 0 Å². The molecule has 4 nitrogen and oxygen atoms in total. The molecule has 2 aliphatic rings. The van der Waals surface area contributed by atoms with Crippen LogP contribution in [0.2, 0.25) is 5.02 Å². The van der Waals surface area contributed by atoms with E-state index in [0.29, 0.717) is 22.6 Å². The quantitative estimate of drug-likeness (QED) is 0.620. The second-order valence-electron chi connectivity index (χ2n) is 9.02. The monoisotopic (exact) mass is 435 g/mol. The van der Waals surface area contributed by atoms with Gasteiger partial charge in [-0.25, -0.2) is 4.79 Å². The van der Waals surface area contributed by atoms with Gasteiger partial charge in [0.05, 0.1) is 12.7 Å². The maximum Gasteiger partial charge on any atom is 0.336 e. The Kier molecular flexibility index (Phi) is 5.52. The number of hydrogen-bond acceptors (Lipinski definition) is 4. The Morgan fingerprint density at radius 1 is 1.10 bits per heavy atom. The number of methoxy groups -OCH3 is 1. The van der Waals surface area contributed by atoms with E-state index in [1.54, 1.807) is 0 Å². The third-order valence-corrected chi connectivity index (χ3v) is 6.40. The summed E-state index contributed by atoms with van der Waals surface area (Å²) in [4.78, 5) is 26.0. The van der Waals surface area contributed by atoms with Gasteiger partial charge in [-0.05, 0) is 36.0 Å². The van der Waals surface area contributed by atoms with Gasteiger partial charge >= 0.3 is 5.97 Å². The normalized spacial score (nSPS) is 20.3. The SMILES string of the molecule is COC(=O)C1=C(C)NC2=C(C(=O)CC(C)(C)C2)C1c1ccc(-c2ccccc2Cl)cc1. The Bertz CT molecular complexity index is 1130. The lowest BCUT2D eigenvalue weighted by atomic mass is 9.68. The zero-order chi connectivity index (χ0) is 22.3. The summed E-state index contributed by atoms with van der Waals surface area (Å²) in [5, 5.41) is 4.01. The standard InChI is InChI=1S/C26H26ClNO3/c1-15-22(25(30)31-4)23(24-20(28-15)13-26(2,3)14-21(24)29)17-11-9-16(10-12-17)18-7-5-6-8-19(18)27/h5-12,23,28H,13-14H2,1-4H3. The molecule has 31 heavy (non-hydrogen) atoms. The lowest BCUT2D eigenvalue weighted by molar-refractivity contribution is -0.136. The number of carbonyl (C=O) groups excluding carboxylic acids is 2. The highest BCUT2D eigenvalue weighted by Crippen LogP contribution is 2.47. The fourth-order valence-corrected chi connectivity index (χ4v) is 4.95. The number of halogens is 1. The summed E-state index contributed by atoms with van der Waals surface area (Å²) in [5.41, 5.74) is 5.49. The highest BCUT2D eigenvalue weighted by molar-refractivity contribution is 6.33. The van der Waals surface area contributed by atoms with E-state index < -0.39 is 11.9 Å². The first-order valence-electron chi connectivity index (χ1n) is 10.4. The maximum atomic E-state index is 13.2. The van der Waals surface area contributed by atoms with Gasteiger partial charge in [-0.3, -0.25) is 4.79 Å². The van der Waals surface area contributed by atoms with E-state index in [1.165, 1.54) is 7.11 Å². The molecule has 1 atom stereocenters. The Labute approximate surface area is 187 Å². The molecule has 0 bridgehead atoms. The fraction of sp³-hybridized carbons (Fsp3) is 0.308. The number of rotatable bonds is 3. The number of Topliss-reactive ketones (excluding diaryl/α,β-unsaturated/α-hetero) is 1. The molecule has 1 aliphatic heterocycles. The van der Waals surface area contributed by atoms with Crippen molar-refractivity contribution < 1.29 is 14.3 Å². The lowest BCUT2D eigenvalue weighted by Crippen LogP contribution is -2.38. The van der Waals surface area contributed by atoms with Crippen molar-refractivity contribution in [2.45, 2.75) is 39.5 Å². The summed E-state index contributed by atoms with van der Waals surface area (Å²) in [6.07, 6.45) is 1.21. The molecular weight excluding hydrogens is 410 g/mol. The molecule has 0 spiro atoms. The molecule has 1 aliphatic carbocycles. The number of benzene rings is 2. The topological polar surface area (TPSA) is 55.4 Å². The average molecular weight is 436 g/mol. The molecule has 1 heterocycles. The summed E-state index contributed by atoms with van der Waals surface area (Å²) in [5.74, 6) is -0.796. The second-order valence-corrected chi connectivity index (χ2v) is 9.43. The Hall–Kier alpha value is -2.85. The van der Waals surface area contributed by atoms with E-state index in [1.807, 2.05) is 55.5 Å². The Morgan fingerprint density at radius 3 is 2.42 bits per heavy atom. The van der Waals surface area contributed by atoms with E-state index in [-0.39, 0.29) is 11.2 Å². The minimum absolute atomic E-state index is 0.0767. The smallest absolute Gasteiger partial charge is 0.336 e. The zero-order valence-electron chi connectivity index (χ0n) is 18.2. The first-order valence-corrected chi connectivity index (χ1v) is 10.8. The van der Waals surface area contributed by atoms with Crippen LogP contribution in [0.3, 0.4) is 0 Å². The number of hydrogen-bond donors (Lipinski definition) is 1. The van der Waals surface area contributed by atoms with Crippen LogP contribution in [-0.2, 0) is 14.3 Å². The number of ketones is 1. The van der Waals surface area contributed by atoms with Crippen molar-refractivity contribution in [1.82, 2.24) is 5.32 Å². The van der Waals surface area contributed by atoms with Crippen molar-refractivity contribution in [2.75, 3.05) is 7.11 Å². The molecular formula is C26H26ClNO3. The van der Waals surface area contributed by atoms with Crippen LogP contribution in [0.1, 0.15) is 45.1 Å². The number of carbonyl (C=O) groups is 2. The summed E-state index contributed by atoms with van der Waals surface area (Å²) in [6.45, 7) is 6.06. The van der Waals surface area contributed by atoms with Gasteiger partial charge < -0.3 is 10.1 Å². The van der Waals surface area contributed by atoms with Gasteiger partial charge in [0.25, 0.3) is 0 Å². The second kappa shape index (κ2) is 8.01. The molecule has 0 radical (unpaired) electrons. The van der Waals surface area contributed by atoms with Crippen molar-refractivity contribution in [3.8, 4) is 11.1 Å². The van der Waals surface area contributed by atoms with Gasteiger partial charge in [0.1, 0.15) is 0 Å². The van der Waals surface area contributed by atoms with Crippen LogP contribution in [0, 0.1) is 5.41 Å². The van der Waals surface area contributed by atoms with Crippen molar-refractivity contribution in [2.24, 2.45) is 5.41 Å². The molecule has 0 fully saturated rings. The third-order valence-electron chi connectivity index (χ3n) is 6.07. The molecule has 0 saturated heterocycles. The molecule has 0 amide bonds. The van der Waals surface area contributed by atoms with Crippen LogP contribution >= 0.6 is 11.6 Å². The number of dihydropyridines is 1. The Balaban J connectivity index is 1.83. The zero-order valence-corrected chi connectivity index (χ0v) is 19.0. The molecule has 2 aromatic rings. The molecule has 0 aromatic heterocycles.